The number of alkyl halides is 3. The minimum atomic E-state index is -5.07. The highest BCUT2D eigenvalue weighted by atomic mass is 35.5. The Morgan fingerprint density at radius 3 is 2.21 bits per heavy atom. The molecule has 2 heterocycles. The molecule has 0 aliphatic heterocycles. The first kappa shape index (κ1) is 31.4. The van der Waals surface area contributed by atoms with Crippen molar-refractivity contribution >= 4 is 40.9 Å². The average Bonchev–Trinajstić information content (AvgIpc) is 3.33. The average molecular weight is 633 g/mol. The van der Waals surface area contributed by atoms with Crippen molar-refractivity contribution in [2.24, 2.45) is 5.92 Å². The third kappa shape index (κ3) is 6.89. The predicted octanol–water partition coefficient (Wildman–Crippen LogP) is 6.53. The first-order valence-electron chi connectivity index (χ1n) is 12.6. The van der Waals surface area contributed by atoms with E-state index >= 15 is 0 Å². The first-order valence-corrected chi connectivity index (χ1v) is 13.4. The maximum absolute atomic E-state index is 14.4. The number of ketones is 1. The van der Waals surface area contributed by atoms with Crippen LogP contribution in [0.5, 0.6) is 0 Å². The Kier molecular flexibility index (Phi) is 9.21. The Morgan fingerprint density at radius 1 is 1.05 bits per heavy atom. The van der Waals surface area contributed by atoms with Crippen LogP contribution in [0, 0.1) is 24.5 Å². The zero-order valence-corrected chi connectivity index (χ0v) is 23.4. The molecule has 4 rings (SSSR count). The second kappa shape index (κ2) is 12.3. The van der Waals surface area contributed by atoms with Gasteiger partial charge >= 0.3 is 12.1 Å². The Hall–Kier alpha value is -3.58. The molecular formula is C27H23Cl2F5N4O4. The Labute approximate surface area is 246 Å². The number of aliphatic carboxylic acids is 1. The Balaban J connectivity index is 1.73. The summed E-state index contributed by atoms with van der Waals surface area (Å²) < 4.78 is 71.7. The fraction of sp³-hybridized carbons (Fsp3) is 0.370. The third-order valence-electron chi connectivity index (χ3n) is 6.94. The van der Waals surface area contributed by atoms with Gasteiger partial charge in [0.05, 0.1) is 40.9 Å². The number of rotatable bonds is 8. The fourth-order valence-corrected chi connectivity index (χ4v) is 5.78. The van der Waals surface area contributed by atoms with Crippen molar-refractivity contribution in [2.45, 2.75) is 51.4 Å². The van der Waals surface area contributed by atoms with Crippen LogP contribution in [0.2, 0.25) is 10.2 Å². The molecule has 1 fully saturated rings. The van der Waals surface area contributed by atoms with Crippen LogP contribution >= 0.6 is 23.2 Å². The van der Waals surface area contributed by atoms with E-state index in [0.29, 0.717) is 27.5 Å². The molecule has 2 aromatic heterocycles. The van der Waals surface area contributed by atoms with E-state index in [4.69, 9.17) is 23.2 Å². The van der Waals surface area contributed by atoms with Crippen molar-refractivity contribution < 1.29 is 41.4 Å². The van der Waals surface area contributed by atoms with Crippen molar-refractivity contribution in [3.63, 3.8) is 0 Å². The zero-order valence-electron chi connectivity index (χ0n) is 21.9. The number of Topliss-reactive ketones (excluding diaryl/α,β-unsaturated/α-hetero) is 1. The van der Waals surface area contributed by atoms with Gasteiger partial charge in [-0.05, 0) is 56.4 Å². The highest BCUT2D eigenvalue weighted by Crippen LogP contribution is 2.39. The zero-order chi connectivity index (χ0) is 30.9. The largest absolute Gasteiger partial charge is 0.481 e. The van der Waals surface area contributed by atoms with Gasteiger partial charge in [-0.3, -0.25) is 19.1 Å². The van der Waals surface area contributed by atoms with Crippen molar-refractivity contribution in [1.82, 2.24) is 19.7 Å². The van der Waals surface area contributed by atoms with Crippen LogP contribution < -0.4 is 0 Å². The summed E-state index contributed by atoms with van der Waals surface area (Å²) in [6, 6.07) is 2.82. The molecule has 0 bridgehead atoms. The smallest absolute Gasteiger partial charge is 0.433 e. The number of nitrogens with zero attached hydrogens (tertiary/aromatic N) is 4. The summed E-state index contributed by atoms with van der Waals surface area (Å²) in [6.07, 6.45) is -3.95. The van der Waals surface area contributed by atoms with Gasteiger partial charge in [0, 0.05) is 18.3 Å². The highest BCUT2D eigenvalue weighted by molar-refractivity contribution is 6.39. The molecule has 0 spiro atoms. The summed E-state index contributed by atoms with van der Waals surface area (Å²) in [5.74, 6) is -5.92. The van der Waals surface area contributed by atoms with Gasteiger partial charge in [-0.2, -0.15) is 18.3 Å². The molecule has 8 nitrogen and oxygen atoms in total. The highest BCUT2D eigenvalue weighted by Gasteiger charge is 2.43. The number of carboxylic acids is 1. The first-order chi connectivity index (χ1) is 19.6. The number of halogens is 7. The molecule has 0 unspecified atom stereocenters. The van der Waals surface area contributed by atoms with Crippen molar-refractivity contribution in [3.8, 4) is 0 Å². The van der Waals surface area contributed by atoms with Gasteiger partial charge in [-0.15, -0.1) is 0 Å². The quantitative estimate of drug-likeness (QED) is 0.172. The maximum atomic E-state index is 14.4. The van der Waals surface area contributed by atoms with Gasteiger partial charge in [0.15, 0.2) is 11.5 Å². The van der Waals surface area contributed by atoms with Gasteiger partial charge in [0.2, 0.25) is 0 Å². The van der Waals surface area contributed by atoms with Crippen LogP contribution in [0.1, 0.15) is 69.4 Å². The Bertz CT molecular complexity index is 1490. The van der Waals surface area contributed by atoms with Gasteiger partial charge in [-0.1, -0.05) is 23.2 Å². The van der Waals surface area contributed by atoms with Crippen LogP contribution in [0.15, 0.2) is 30.5 Å². The lowest BCUT2D eigenvalue weighted by atomic mass is 9.86. The van der Waals surface area contributed by atoms with E-state index in [1.54, 1.807) is 6.92 Å². The molecule has 1 aliphatic rings. The molecule has 1 aromatic carbocycles. The summed E-state index contributed by atoms with van der Waals surface area (Å²) in [5, 5.41) is 12.7. The van der Waals surface area contributed by atoms with Crippen LogP contribution in [-0.4, -0.2) is 49.0 Å². The molecule has 15 heteroatoms. The van der Waals surface area contributed by atoms with Crippen LogP contribution in [-0.2, 0) is 17.5 Å². The lowest BCUT2D eigenvalue weighted by Crippen LogP contribution is -2.37. The van der Waals surface area contributed by atoms with Gasteiger partial charge in [0.1, 0.15) is 16.8 Å². The molecule has 1 aliphatic carbocycles. The number of carbonyl (C=O) groups is 3. The van der Waals surface area contributed by atoms with Crippen LogP contribution in [0.25, 0.3) is 0 Å². The number of aryl methyl sites for hydroxylation is 1. The van der Waals surface area contributed by atoms with Gasteiger partial charge in [-0.25, -0.2) is 13.8 Å². The van der Waals surface area contributed by atoms with Gasteiger partial charge < -0.3 is 10.0 Å². The topological polar surface area (TPSA) is 105 Å². The molecule has 0 radical (unpaired) electrons. The monoisotopic (exact) mass is 632 g/mol. The normalized spacial score (nSPS) is 17.2. The standard InChI is InChI=1S/C27H23Cl2F5N4O4/c1-13-6-20(28)22(24(29)36-13)21(39)12-37(11-14-7-16(30)9-17(31)8-14)25(40)19-10-35-38(23(19)27(32,33)34)18-4-2-15(3-5-18)26(41)42/h6-10,15,18H,2-5,11-12H2,1H3,(H,41,42). The van der Waals surface area contributed by atoms with E-state index in [1.165, 1.54) is 6.07 Å². The lowest BCUT2D eigenvalue weighted by molar-refractivity contribution is -0.147. The van der Waals surface area contributed by atoms with Gasteiger partial charge in [0.25, 0.3) is 5.91 Å². The third-order valence-corrected chi connectivity index (χ3v) is 7.51. The number of hydrogen-bond donors (Lipinski definition) is 1. The van der Waals surface area contributed by atoms with Crippen molar-refractivity contribution in [1.29, 1.82) is 0 Å². The lowest BCUT2D eigenvalue weighted by Gasteiger charge is -2.28. The number of hydrogen-bond acceptors (Lipinski definition) is 5. The molecule has 1 N–H and O–H groups in total. The number of pyridine rings is 1. The van der Waals surface area contributed by atoms with E-state index in [9.17, 15) is 41.4 Å². The second-order valence-corrected chi connectivity index (χ2v) is 10.7. The van der Waals surface area contributed by atoms with Crippen LogP contribution in [0.3, 0.4) is 0 Å². The van der Waals surface area contributed by atoms with E-state index in [-0.39, 0.29) is 47.0 Å². The minimum Gasteiger partial charge on any atom is -0.481 e. The van der Waals surface area contributed by atoms with Crippen molar-refractivity contribution in [2.75, 3.05) is 6.54 Å². The van der Waals surface area contributed by atoms with Crippen molar-refractivity contribution in [3.05, 3.63) is 80.4 Å². The fourth-order valence-electron chi connectivity index (χ4n) is 5.04. The van der Waals surface area contributed by atoms with Crippen LogP contribution in [0.4, 0.5) is 22.0 Å². The Morgan fingerprint density at radius 2 is 1.67 bits per heavy atom. The minimum absolute atomic E-state index is 0.0809. The SMILES string of the molecule is Cc1cc(Cl)c(C(=O)CN(Cc2cc(F)cc(F)c2)C(=O)c2cnn(C3CCC(C(=O)O)CC3)c2C(F)(F)F)c(Cl)n1. The molecule has 0 atom stereocenters. The number of carbonyl (C=O) groups excluding carboxylic acids is 2. The second-order valence-electron chi connectivity index (χ2n) is 9.97. The molecule has 3 aromatic rings. The molecule has 1 saturated carbocycles. The molecule has 42 heavy (non-hydrogen) atoms. The van der Waals surface area contributed by atoms with E-state index in [2.05, 4.69) is 10.1 Å². The summed E-state index contributed by atoms with van der Waals surface area (Å²) in [6.45, 7) is 0.0398. The van der Waals surface area contributed by atoms with E-state index < -0.39 is 71.8 Å². The molecule has 0 saturated heterocycles. The van der Waals surface area contributed by atoms with E-state index in [0.717, 1.165) is 12.1 Å². The van der Waals surface area contributed by atoms with E-state index in [1.807, 2.05) is 0 Å². The summed E-state index contributed by atoms with van der Waals surface area (Å²) in [5.41, 5.74) is -2.33. The predicted molar refractivity (Wildman–Crippen MR) is 140 cm³/mol. The summed E-state index contributed by atoms with van der Waals surface area (Å²) in [4.78, 5) is 42.9. The number of carboxylic acid groups (broad SMARTS) is 1. The summed E-state index contributed by atoms with van der Waals surface area (Å²) in [7, 11) is 0. The number of amides is 1. The molecule has 1 amide bonds. The number of aromatic nitrogens is 3. The summed E-state index contributed by atoms with van der Waals surface area (Å²) >= 11 is 12.3. The molecule has 224 valence electrons. The molecular weight excluding hydrogens is 610 g/mol. The number of benzene rings is 1. The maximum Gasteiger partial charge on any atom is 0.433 e.